The maximum absolute atomic E-state index is 12.2. The molecule has 0 saturated carbocycles. The first-order valence-corrected chi connectivity index (χ1v) is 12.7. The Kier molecular flexibility index (Phi) is 8.90. The molecule has 0 aliphatic carbocycles. The van der Waals surface area contributed by atoms with E-state index in [0.29, 0.717) is 29.2 Å². The van der Waals surface area contributed by atoms with Crippen LogP contribution in [0.4, 0.5) is 0 Å². The van der Waals surface area contributed by atoms with E-state index in [1.54, 1.807) is 35.1 Å². The molecule has 3 atom stereocenters. The number of rotatable bonds is 10. The fraction of sp³-hybridized carbons (Fsp3) is 0.444. The van der Waals surface area contributed by atoms with E-state index < -0.39 is 12.1 Å². The van der Waals surface area contributed by atoms with Gasteiger partial charge in [-0.05, 0) is 49.2 Å². The van der Waals surface area contributed by atoms with Crippen LogP contribution in [-0.4, -0.2) is 50.2 Å². The van der Waals surface area contributed by atoms with E-state index in [0.717, 1.165) is 18.5 Å². The van der Waals surface area contributed by atoms with E-state index in [2.05, 4.69) is 22.1 Å². The number of hydrogen-bond donors (Lipinski definition) is 1. The predicted octanol–water partition coefficient (Wildman–Crippen LogP) is 5.22. The number of hydrogen-bond acceptors (Lipinski definition) is 6. The van der Waals surface area contributed by atoms with Crippen LogP contribution in [0.5, 0.6) is 0 Å². The number of halogens is 1. The number of likely N-dealkylation sites (tertiary alicyclic amines) is 1. The fourth-order valence-electron chi connectivity index (χ4n) is 4.64. The maximum Gasteiger partial charge on any atom is 0.338 e. The van der Waals surface area contributed by atoms with Gasteiger partial charge in [-0.3, -0.25) is 4.90 Å². The van der Waals surface area contributed by atoms with Gasteiger partial charge in [0.1, 0.15) is 12.3 Å². The highest BCUT2D eigenvalue weighted by Crippen LogP contribution is 2.36. The minimum absolute atomic E-state index is 0.0324. The average Bonchev–Trinajstić information content (AvgIpc) is 3.35. The highest BCUT2D eigenvalue weighted by Gasteiger charge is 2.36. The van der Waals surface area contributed by atoms with Crippen molar-refractivity contribution in [3.8, 4) is 0 Å². The van der Waals surface area contributed by atoms with Crippen molar-refractivity contribution in [3.63, 3.8) is 0 Å². The largest absolute Gasteiger partial charge is 0.455 e. The number of carbonyl (C=O) groups is 1. The van der Waals surface area contributed by atoms with Crippen molar-refractivity contribution in [3.05, 3.63) is 82.6 Å². The monoisotopic (exact) mass is 496 g/mol. The zero-order chi connectivity index (χ0) is 24.6. The van der Waals surface area contributed by atoms with E-state index in [4.69, 9.17) is 16.3 Å². The maximum atomic E-state index is 12.2. The van der Waals surface area contributed by atoms with Gasteiger partial charge in [0.2, 0.25) is 0 Å². The first kappa shape index (κ1) is 25.4. The highest BCUT2D eigenvalue weighted by molar-refractivity contribution is 6.30. The first-order chi connectivity index (χ1) is 17.0. The summed E-state index contributed by atoms with van der Waals surface area (Å²) in [6.45, 7) is 3.86. The molecule has 3 unspecified atom stereocenters. The van der Waals surface area contributed by atoms with E-state index in [1.807, 2.05) is 30.3 Å². The molecule has 0 bridgehead atoms. The van der Waals surface area contributed by atoms with Crippen molar-refractivity contribution in [2.45, 2.75) is 63.8 Å². The van der Waals surface area contributed by atoms with Crippen LogP contribution in [0.1, 0.15) is 72.7 Å². The first-order valence-electron chi connectivity index (χ1n) is 12.4. The zero-order valence-corrected chi connectivity index (χ0v) is 20.8. The number of benzene rings is 2. The number of nitrogens with zero attached hydrogens (tertiary/aromatic N) is 4. The summed E-state index contributed by atoms with van der Waals surface area (Å²) in [6, 6.07) is 16.7. The Morgan fingerprint density at radius 3 is 2.63 bits per heavy atom. The van der Waals surface area contributed by atoms with E-state index in [9.17, 15) is 9.90 Å². The SMILES string of the molecule is CCCCCCN1CC(n2cc(COC(=O)c3ccccc3)nn2)C(O)CC1c1ccc(Cl)cc1. The molecule has 1 aromatic heterocycles. The Morgan fingerprint density at radius 2 is 1.89 bits per heavy atom. The third-order valence-electron chi connectivity index (χ3n) is 6.58. The van der Waals surface area contributed by atoms with Gasteiger partial charge in [0, 0.05) is 17.6 Å². The number of aliphatic hydroxyl groups excluding tert-OH is 1. The molecule has 0 amide bonds. The molecule has 2 aromatic carbocycles. The smallest absolute Gasteiger partial charge is 0.338 e. The molecule has 1 aliphatic rings. The molecule has 1 fully saturated rings. The van der Waals surface area contributed by atoms with Crippen LogP contribution in [0.2, 0.25) is 5.02 Å². The van der Waals surface area contributed by atoms with Crippen LogP contribution >= 0.6 is 11.6 Å². The van der Waals surface area contributed by atoms with Crippen molar-refractivity contribution in [2.75, 3.05) is 13.1 Å². The number of esters is 1. The topological polar surface area (TPSA) is 80.5 Å². The molecule has 0 spiro atoms. The van der Waals surface area contributed by atoms with E-state index >= 15 is 0 Å². The highest BCUT2D eigenvalue weighted by atomic mass is 35.5. The number of unbranched alkanes of at least 4 members (excludes halogenated alkanes) is 3. The number of aromatic nitrogens is 3. The molecule has 1 saturated heterocycles. The van der Waals surface area contributed by atoms with Gasteiger partial charge in [-0.25, -0.2) is 9.48 Å². The molecule has 7 nitrogen and oxygen atoms in total. The Morgan fingerprint density at radius 1 is 1.11 bits per heavy atom. The number of carbonyl (C=O) groups excluding carboxylic acids is 1. The zero-order valence-electron chi connectivity index (χ0n) is 20.1. The van der Waals surface area contributed by atoms with Gasteiger partial charge in [-0.1, -0.05) is 73.3 Å². The lowest BCUT2D eigenvalue weighted by Crippen LogP contribution is -2.46. The van der Waals surface area contributed by atoms with E-state index in [1.165, 1.54) is 19.3 Å². The summed E-state index contributed by atoms with van der Waals surface area (Å²) in [5.74, 6) is -0.401. The Bertz CT molecular complexity index is 1070. The summed E-state index contributed by atoms with van der Waals surface area (Å²) in [6.07, 6.45) is 6.50. The summed E-state index contributed by atoms with van der Waals surface area (Å²) in [5, 5.41) is 20.2. The van der Waals surface area contributed by atoms with Gasteiger partial charge in [0.25, 0.3) is 0 Å². The predicted molar refractivity (Wildman–Crippen MR) is 135 cm³/mol. The molecule has 8 heteroatoms. The van der Waals surface area contributed by atoms with Crippen molar-refractivity contribution < 1.29 is 14.6 Å². The number of piperidine rings is 1. The molecular weight excluding hydrogens is 464 g/mol. The summed E-state index contributed by atoms with van der Waals surface area (Å²) >= 11 is 6.11. The molecule has 35 heavy (non-hydrogen) atoms. The summed E-state index contributed by atoms with van der Waals surface area (Å²) in [7, 11) is 0. The van der Waals surface area contributed by atoms with Crippen LogP contribution < -0.4 is 0 Å². The van der Waals surface area contributed by atoms with Gasteiger partial charge in [0.15, 0.2) is 0 Å². The summed E-state index contributed by atoms with van der Waals surface area (Å²) in [5.41, 5.74) is 2.21. The summed E-state index contributed by atoms with van der Waals surface area (Å²) < 4.78 is 7.10. The van der Waals surface area contributed by atoms with Crippen molar-refractivity contribution in [1.82, 2.24) is 19.9 Å². The minimum Gasteiger partial charge on any atom is -0.455 e. The molecule has 186 valence electrons. The van der Waals surface area contributed by atoms with Crippen molar-refractivity contribution in [1.29, 1.82) is 0 Å². The molecule has 0 radical (unpaired) electrons. The molecular formula is C27H33ClN4O3. The second kappa shape index (κ2) is 12.3. The molecule has 2 heterocycles. The molecule has 3 aromatic rings. The van der Waals surface area contributed by atoms with Gasteiger partial charge in [-0.15, -0.1) is 5.10 Å². The van der Waals surface area contributed by atoms with Crippen LogP contribution in [0.25, 0.3) is 0 Å². The normalized spacial score (nSPS) is 20.6. The lowest BCUT2D eigenvalue weighted by atomic mass is 9.90. The summed E-state index contributed by atoms with van der Waals surface area (Å²) in [4.78, 5) is 14.7. The van der Waals surface area contributed by atoms with E-state index in [-0.39, 0.29) is 18.7 Å². The van der Waals surface area contributed by atoms with Gasteiger partial charge < -0.3 is 9.84 Å². The third-order valence-corrected chi connectivity index (χ3v) is 6.84. The van der Waals surface area contributed by atoms with Crippen molar-refractivity contribution >= 4 is 17.6 Å². The van der Waals surface area contributed by atoms with Crippen molar-refractivity contribution in [2.24, 2.45) is 0 Å². The quantitative estimate of drug-likeness (QED) is 0.306. The Labute approximate surface area is 211 Å². The van der Waals surface area contributed by atoms with Gasteiger partial charge in [0.05, 0.1) is 23.9 Å². The minimum atomic E-state index is -0.580. The van der Waals surface area contributed by atoms with Gasteiger partial charge in [-0.2, -0.15) is 0 Å². The van der Waals surface area contributed by atoms with Gasteiger partial charge >= 0.3 is 5.97 Å². The second-order valence-electron chi connectivity index (χ2n) is 9.13. The van der Waals surface area contributed by atoms with Crippen LogP contribution in [0, 0.1) is 0 Å². The van der Waals surface area contributed by atoms with Crippen LogP contribution in [-0.2, 0) is 11.3 Å². The number of aliphatic hydroxyl groups is 1. The standard InChI is InChI=1S/C27H33ClN4O3/c1-2-3-4-8-15-31-18-25(26(33)16-24(31)20-11-13-22(28)14-12-20)32-17-23(29-30-32)19-35-27(34)21-9-6-5-7-10-21/h5-7,9-14,17,24-26,33H,2-4,8,15-16,18-19H2,1H3. The lowest BCUT2D eigenvalue weighted by molar-refractivity contribution is -0.00778. The third kappa shape index (κ3) is 6.69. The molecule has 1 N–H and O–H groups in total. The Balaban J connectivity index is 1.43. The fourth-order valence-corrected chi connectivity index (χ4v) is 4.77. The molecule has 4 rings (SSSR count). The van der Waals surface area contributed by atoms with Crippen LogP contribution in [0.3, 0.4) is 0 Å². The molecule has 1 aliphatic heterocycles. The second-order valence-corrected chi connectivity index (χ2v) is 9.56. The number of ether oxygens (including phenoxy) is 1. The average molecular weight is 497 g/mol. The Hall–Kier alpha value is -2.74. The lowest BCUT2D eigenvalue weighted by Gasteiger charge is -2.42. The van der Waals surface area contributed by atoms with Crippen LogP contribution in [0.15, 0.2) is 60.8 Å².